The molecule has 0 aliphatic carbocycles. The van der Waals surface area contributed by atoms with Crippen LogP contribution >= 0.6 is 0 Å². The molecule has 0 spiro atoms. The molecule has 0 atom stereocenters. The topological polar surface area (TPSA) is 73.2 Å². The van der Waals surface area contributed by atoms with Gasteiger partial charge in [0.1, 0.15) is 11.5 Å². The maximum absolute atomic E-state index is 15.0. The second-order valence-corrected chi connectivity index (χ2v) is 9.03. The van der Waals surface area contributed by atoms with E-state index in [4.69, 9.17) is 9.84 Å². The van der Waals surface area contributed by atoms with Crippen LogP contribution in [0.4, 0.5) is 10.1 Å². The van der Waals surface area contributed by atoms with Crippen molar-refractivity contribution >= 4 is 17.6 Å². The van der Waals surface area contributed by atoms with Crippen molar-refractivity contribution in [1.82, 2.24) is 9.78 Å². The highest BCUT2D eigenvalue weighted by Gasteiger charge is 2.26. The van der Waals surface area contributed by atoms with Gasteiger partial charge in [-0.05, 0) is 55.3 Å². The monoisotopic (exact) mass is 485 g/mol. The van der Waals surface area contributed by atoms with Crippen LogP contribution in [0, 0.1) is 25.6 Å². The number of aromatic nitrogens is 2. The molecule has 4 aromatic rings. The Kier molecular flexibility index (Phi) is 7.01. The number of hydrogen-bond donors (Lipinski definition) is 1. The number of nitrogens with zero attached hydrogens (tertiary/aromatic N) is 2. The fourth-order valence-electron chi connectivity index (χ4n) is 3.95. The zero-order valence-corrected chi connectivity index (χ0v) is 20.9. The van der Waals surface area contributed by atoms with Gasteiger partial charge in [-0.25, -0.2) is 4.39 Å². The zero-order chi connectivity index (χ0) is 26.0. The number of anilines is 1. The molecular formula is C29H28FN3O3. The number of esters is 1. The molecule has 184 valence electrons. The number of ether oxygens (including phenoxy) is 1. The Morgan fingerprint density at radius 2 is 1.69 bits per heavy atom. The van der Waals surface area contributed by atoms with Crippen molar-refractivity contribution in [1.29, 1.82) is 0 Å². The van der Waals surface area contributed by atoms with Crippen molar-refractivity contribution in [2.75, 3.05) is 5.32 Å². The number of amides is 1. The summed E-state index contributed by atoms with van der Waals surface area (Å²) in [7, 11) is 0. The molecule has 0 fully saturated rings. The van der Waals surface area contributed by atoms with Crippen LogP contribution < -0.4 is 10.1 Å². The fraction of sp³-hybridized carbons (Fsp3) is 0.207. The molecule has 0 saturated carbocycles. The molecule has 1 amide bonds. The van der Waals surface area contributed by atoms with Gasteiger partial charge in [-0.15, -0.1) is 0 Å². The summed E-state index contributed by atoms with van der Waals surface area (Å²) in [6.07, 6.45) is 0. The van der Waals surface area contributed by atoms with Crippen molar-refractivity contribution in [2.45, 2.75) is 34.6 Å². The molecule has 0 aliphatic heterocycles. The minimum absolute atomic E-state index is 0.0990. The maximum Gasteiger partial charge on any atom is 0.309 e. The molecule has 0 saturated heterocycles. The first kappa shape index (κ1) is 24.9. The average molecular weight is 486 g/mol. The number of hydrogen-bond acceptors (Lipinski definition) is 4. The SMILES string of the molecule is CC(=O)Oc1c(-c2ccc(NC(=O)C(C)C)cc2)c(-c2ccccc2F)nn1-c1ccc(C)cc1C. The lowest BCUT2D eigenvalue weighted by Crippen LogP contribution is -2.17. The van der Waals surface area contributed by atoms with Crippen molar-refractivity contribution in [3.8, 4) is 34.0 Å². The van der Waals surface area contributed by atoms with E-state index in [1.165, 1.54) is 13.0 Å². The Bertz CT molecular complexity index is 1440. The second-order valence-electron chi connectivity index (χ2n) is 9.03. The third-order valence-electron chi connectivity index (χ3n) is 5.76. The first-order chi connectivity index (χ1) is 17.2. The molecule has 6 nitrogen and oxygen atoms in total. The lowest BCUT2D eigenvalue weighted by Gasteiger charge is -2.12. The number of rotatable bonds is 6. The van der Waals surface area contributed by atoms with Crippen LogP contribution in [0.5, 0.6) is 5.88 Å². The van der Waals surface area contributed by atoms with Crippen LogP contribution in [0.3, 0.4) is 0 Å². The van der Waals surface area contributed by atoms with Crippen LogP contribution in [0.15, 0.2) is 66.7 Å². The molecular weight excluding hydrogens is 457 g/mol. The van der Waals surface area contributed by atoms with Gasteiger partial charge in [-0.3, -0.25) is 9.59 Å². The summed E-state index contributed by atoms with van der Waals surface area (Å²) in [4.78, 5) is 24.3. The number of benzene rings is 3. The van der Waals surface area contributed by atoms with E-state index in [2.05, 4.69) is 5.32 Å². The lowest BCUT2D eigenvalue weighted by molar-refractivity contribution is -0.132. The number of carbonyl (C=O) groups excluding carboxylic acids is 2. The zero-order valence-electron chi connectivity index (χ0n) is 20.9. The van der Waals surface area contributed by atoms with Crippen LogP contribution in [0.25, 0.3) is 28.1 Å². The highest BCUT2D eigenvalue weighted by Crippen LogP contribution is 2.42. The first-order valence-electron chi connectivity index (χ1n) is 11.7. The Hall–Kier alpha value is -4.26. The van der Waals surface area contributed by atoms with Gasteiger partial charge in [0.05, 0.1) is 11.3 Å². The Morgan fingerprint density at radius 1 is 1.00 bits per heavy atom. The van der Waals surface area contributed by atoms with Crippen molar-refractivity contribution in [2.24, 2.45) is 5.92 Å². The minimum Gasteiger partial charge on any atom is -0.407 e. The summed E-state index contributed by atoms with van der Waals surface area (Å²) >= 11 is 0. The molecule has 0 aliphatic rings. The standard InChI is InChI=1S/C29H28FN3O3/c1-17(2)28(35)31-22-13-11-21(12-14-22)26-27(23-8-6-7-9-24(23)30)32-33(29(26)36-20(5)34)25-15-10-18(3)16-19(25)4/h6-17H,1-5H3,(H,31,35). The third-order valence-corrected chi connectivity index (χ3v) is 5.76. The van der Waals surface area contributed by atoms with Crippen LogP contribution in [-0.2, 0) is 9.59 Å². The second kappa shape index (κ2) is 10.2. The van der Waals surface area contributed by atoms with E-state index in [-0.39, 0.29) is 23.3 Å². The molecule has 0 unspecified atom stereocenters. The molecule has 1 aromatic heterocycles. The normalized spacial score (nSPS) is 11.0. The van der Waals surface area contributed by atoms with Crippen LogP contribution in [0.1, 0.15) is 31.9 Å². The van der Waals surface area contributed by atoms with Gasteiger partial charge in [-0.2, -0.15) is 9.78 Å². The van der Waals surface area contributed by atoms with Crippen molar-refractivity contribution in [3.63, 3.8) is 0 Å². The molecule has 0 radical (unpaired) electrons. The van der Waals surface area contributed by atoms with Gasteiger partial charge in [0.15, 0.2) is 0 Å². The van der Waals surface area contributed by atoms with Gasteiger partial charge < -0.3 is 10.1 Å². The summed E-state index contributed by atoms with van der Waals surface area (Å²) in [5.41, 5.74) is 5.07. The lowest BCUT2D eigenvalue weighted by atomic mass is 10.0. The molecule has 1 N–H and O–H groups in total. The quantitative estimate of drug-likeness (QED) is 0.317. The Morgan fingerprint density at radius 3 is 2.31 bits per heavy atom. The van der Waals surface area contributed by atoms with E-state index >= 15 is 0 Å². The molecule has 1 heterocycles. The van der Waals surface area contributed by atoms with Gasteiger partial charge in [-0.1, -0.05) is 55.8 Å². The smallest absolute Gasteiger partial charge is 0.309 e. The summed E-state index contributed by atoms with van der Waals surface area (Å²) in [6, 6.07) is 19.3. The predicted molar refractivity (Wildman–Crippen MR) is 139 cm³/mol. The Labute approximate surface area is 209 Å². The summed E-state index contributed by atoms with van der Waals surface area (Å²) < 4.78 is 22.2. The summed E-state index contributed by atoms with van der Waals surface area (Å²) in [6.45, 7) is 8.88. The van der Waals surface area contributed by atoms with E-state index in [9.17, 15) is 14.0 Å². The van der Waals surface area contributed by atoms with Crippen molar-refractivity contribution < 1.29 is 18.7 Å². The van der Waals surface area contributed by atoms with Crippen LogP contribution in [-0.4, -0.2) is 21.7 Å². The fourth-order valence-corrected chi connectivity index (χ4v) is 3.95. The third kappa shape index (κ3) is 5.05. The molecule has 0 bridgehead atoms. The van der Waals surface area contributed by atoms with E-state index in [1.54, 1.807) is 47.1 Å². The van der Waals surface area contributed by atoms with Crippen LogP contribution in [0.2, 0.25) is 0 Å². The average Bonchev–Trinajstić information content (AvgIpc) is 3.17. The minimum atomic E-state index is -0.525. The van der Waals surface area contributed by atoms with Gasteiger partial charge in [0.2, 0.25) is 11.8 Å². The van der Waals surface area contributed by atoms with E-state index < -0.39 is 11.8 Å². The van der Waals surface area contributed by atoms with Crippen molar-refractivity contribution in [3.05, 3.63) is 83.7 Å². The van der Waals surface area contributed by atoms with E-state index in [0.717, 1.165) is 11.1 Å². The maximum atomic E-state index is 15.0. The van der Waals surface area contributed by atoms with E-state index in [0.29, 0.717) is 28.2 Å². The number of halogens is 1. The molecule has 36 heavy (non-hydrogen) atoms. The first-order valence-corrected chi connectivity index (χ1v) is 11.7. The number of aryl methyl sites for hydroxylation is 2. The summed E-state index contributed by atoms with van der Waals surface area (Å²) in [5.74, 6) is -1.05. The van der Waals surface area contributed by atoms with Gasteiger partial charge >= 0.3 is 5.97 Å². The molecule has 3 aromatic carbocycles. The van der Waals surface area contributed by atoms with E-state index in [1.807, 2.05) is 45.9 Å². The predicted octanol–water partition coefficient (Wildman–Crippen LogP) is 6.48. The highest BCUT2D eigenvalue weighted by atomic mass is 19.1. The Balaban J connectivity index is 1.96. The number of nitrogens with one attached hydrogen (secondary N) is 1. The molecule has 7 heteroatoms. The van der Waals surface area contributed by atoms with Gasteiger partial charge in [0, 0.05) is 24.1 Å². The highest BCUT2D eigenvalue weighted by molar-refractivity contribution is 5.93. The number of carbonyl (C=O) groups is 2. The molecule has 4 rings (SSSR count). The summed E-state index contributed by atoms with van der Waals surface area (Å²) in [5, 5.41) is 7.62. The van der Waals surface area contributed by atoms with Gasteiger partial charge in [0.25, 0.3) is 0 Å². The largest absolute Gasteiger partial charge is 0.407 e.